The fraction of sp³-hybridized carbons (Fsp3) is 0.652. The molecular weight excluding hydrogens is 384 g/mol. The second kappa shape index (κ2) is 7.53. The van der Waals surface area contributed by atoms with Gasteiger partial charge < -0.3 is 15.4 Å². The largest absolute Gasteiger partial charge is 0.497 e. The Labute approximate surface area is 177 Å². The first kappa shape index (κ1) is 20.6. The van der Waals surface area contributed by atoms with Crippen LogP contribution in [-0.2, 0) is 15.3 Å². The normalized spacial score (nSPS) is 34.4. The molecule has 5 nitrogen and oxygen atoms in total. The Balaban J connectivity index is 1.29. The summed E-state index contributed by atoms with van der Waals surface area (Å²) in [5, 5.41) is 6.05. The van der Waals surface area contributed by atoms with Gasteiger partial charge in [0.05, 0.1) is 13.2 Å². The van der Waals surface area contributed by atoms with Crippen LogP contribution in [0.1, 0.15) is 45.6 Å². The summed E-state index contributed by atoms with van der Waals surface area (Å²) in [5.74, 6) is 3.18. The second-order valence-electron chi connectivity index (χ2n) is 9.63. The summed E-state index contributed by atoms with van der Waals surface area (Å²) in [5.41, 5.74) is 1.46. The molecule has 1 aliphatic heterocycles. The molecular formula is C23H32N2O3S. The van der Waals surface area contributed by atoms with Crippen molar-refractivity contribution in [1.29, 1.82) is 0 Å². The van der Waals surface area contributed by atoms with E-state index in [1.54, 1.807) is 18.9 Å². The summed E-state index contributed by atoms with van der Waals surface area (Å²) in [6.45, 7) is 6.90. The number of benzene rings is 1. The Bertz CT molecular complexity index is 794. The smallest absolute Gasteiger partial charge is 0.245 e. The molecule has 2 amide bonds. The van der Waals surface area contributed by atoms with Gasteiger partial charge in [-0.05, 0) is 53.7 Å². The maximum absolute atomic E-state index is 13.1. The van der Waals surface area contributed by atoms with Gasteiger partial charge in [0.15, 0.2) is 0 Å². The third kappa shape index (κ3) is 3.43. The number of amides is 2. The molecule has 1 aromatic rings. The first-order valence-corrected chi connectivity index (χ1v) is 11.7. The number of ether oxygens (including phenoxy) is 1. The topological polar surface area (TPSA) is 67.4 Å². The highest BCUT2D eigenvalue weighted by Crippen LogP contribution is 2.68. The van der Waals surface area contributed by atoms with Crippen molar-refractivity contribution in [2.45, 2.75) is 57.9 Å². The first-order valence-electron chi connectivity index (χ1n) is 10.6. The van der Waals surface area contributed by atoms with Crippen LogP contribution in [-0.4, -0.2) is 36.8 Å². The molecule has 2 bridgehead atoms. The van der Waals surface area contributed by atoms with Crippen LogP contribution in [0.2, 0.25) is 0 Å². The molecule has 1 saturated heterocycles. The maximum atomic E-state index is 13.1. The Hall–Kier alpha value is -1.69. The lowest BCUT2D eigenvalue weighted by Crippen LogP contribution is -2.70. The van der Waals surface area contributed by atoms with E-state index >= 15 is 0 Å². The molecule has 3 aliphatic rings. The Kier molecular flexibility index (Phi) is 5.34. The lowest BCUT2D eigenvalue weighted by Gasteiger charge is -2.41. The average Bonchev–Trinajstić information content (AvgIpc) is 3.05. The van der Waals surface area contributed by atoms with Crippen molar-refractivity contribution in [2.24, 2.45) is 22.7 Å². The van der Waals surface area contributed by atoms with Crippen molar-refractivity contribution in [3.63, 3.8) is 0 Å². The molecule has 2 aliphatic carbocycles. The third-order valence-corrected chi connectivity index (χ3v) is 9.28. The number of β-lactam (4-membered cyclic amide) rings is 1. The van der Waals surface area contributed by atoms with E-state index in [0.717, 1.165) is 30.1 Å². The van der Waals surface area contributed by atoms with Crippen LogP contribution < -0.4 is 15.4 Å². The molecule has 3 fully saturated rings. The van der Waals surface area contributed by atoms with Gasteiger partial charge in [-0.2, -0.15) is 11.8 Å². The van der Waals surface area contributed by atoms with Gasteiger partial charge >= 0.3 is 0 Å². The van der Waals surface area contributed by atoms with Crippen LogP contribution in [0, 0.1) is 22.7 Å². The average molecular weight is 417 g/mol. The fourth-order valence-corrected chi connectivity index (χ4v) is 6.70. The van der Waals surface area contributed by atoms with Crippen LogP contribution in [0.3, 0.4) is 0 Å². The van der Waals surface area contributed by atoms with Gasteiger partial charge in [0, 0.05) is 17.4 Å². The highest BCUT2D eigenvalue weighted by atomic mass is 32.2. The number of hydrogen-bond acceptors (Lipinski definition) is 4. The van der Waals surface area contributed by atoms with Crippen molar-refractivity contribution >= 4 is 23.6 Å². The zero-order valence-corrected chi connectivity index (χ0v) is 18.6. The molecule has 2 N–H and O–H groups in total. The molecule has 29 heavy (non-hydrogen) atoms. The SMILES string of the molecule is COc1ccc(CSC[C@H]2NC(=O)[C@H]2NC(=O)C2CC3CCC2(C)C3(C)C)cc1. The van der Waals surface area contributed by atoms with E-state index in [1.807, 2.05) is 12.1 Å². The summed E-state index contributed by atoms with van der Waals surface area (Å²) in [4.78, 5) is 25.2. The molecule has 0 aromatic heterocycles. The van der Waals surface area contributed by atoms with Crippen molar-refractivity contribution in [1.82, 2.24) is 10.6 Å². The van der Waals surface area contributed by atoms with Gasteiger partial charge in [0.25, 0.3) is 0 Å². The van der Waals surface area contributed by atoms with Gasteiger partial charge in [0.1, 0.15) is 11.8 Å². The second-order valence-corrected chi connectivity index (χ2v) is 10.7. The van der Waals surface area contributed by atoms with Crippen LogP contribution in [0.25, 0.3) is 0 Å². The van der Waals surface area contributed by atoms with E-state index in [1.165, 1.54) is 12.0 Å². The van der Waals surface area contributed by atoms with Gasteiger partial charge in [0.2, 0.25) is 11.8 Å². The molecule has 1 heterocycles. The van der Waals surface area contributed by atoms with Crippen LogP contribution in [0.5, 0.6) is 5.75 Å². The predicted octanol–water partition coefficient (Wildman–Crippen LogP) is 3.37. The fourth-order valence-electron chi connectivity index (χ4n) is 5.63. The predicted molar refractivity (Wildman–Crippen MR) is 116 cm³/mol. The van der Waals surface area contributed by atoms with Crippen LogP contribution in [0.15, 0.2) is 24.3 Å². The summed E-state index contributed by atoms with van der Waals surface area (Å²) in [6, 6.07) is 7.65. The van der Waals surface area contributed by atoms with Gasteiger partial charge in [-0.25, -0.2) is 0 Å². The van der Waals surface area contributed by atoms with Crippen molar-refractivity contribution in [3.05, 3.63) is 29.8 Å². The Morgan fingerprint density at radius 1 is 1.28 bits per heavy atom. The van der Waals surface area contributed by atoms with Gasteiger partial charge in [-0.1, -0.05) is 32.9 Å². The maximum Gasteiger partial charge on any atom is 0.245 e. The van der Waals surface area contributed by atoms with E-state index in [9.17, 15) is 9.59 Å². The Morgan fingerprint density at radius 2 is 2.00 bits per heavy atom. The summed E-state index contributed by atoms with van der Waals surface area (Å²) >= 11 is 1.77. The number of carbonyl (C=O) groups excluding carboxylic acids is 2. The van der Waals surface area contributed by atoms with Crippen LogP contribution >= 0.6 is 11.8 Å². The summed E-state index contributed by atoms with van der Waals surface area (Å²) in [7, 11) is 1.66. The minimum atomic E-state index is -0.392. The minimum Gasteiger partial charge on any atom is -0.497 e. The number of rotatable bonds is 7. The molecule has 2 saturated carbocycles. The molecule has 4 rings (SSSR count). The number of nitrogens with one attached hydrogen (secondary N) is 2. The van der Waals surface area contributed by atoms with Crippen molar-refractivity contribution in [3.8, 4) is 5.75 Å². The number of thioether (sulfide) groups is 1. The molecule has 0 spiro atoms. The molecule has 5 atom stereocenters. The van der Waals surface area contributed by atoms with E-state index in [0.29, 0.717) is 5.92 Å². The quantitative estimate of drug-likeness (QED) is 0.669. The highest BCUT2D eigenvalue weighted by molar-refractivity contribution is 7.98. The molecule has 158 valence electrons. The monoisotopic (exact) mass is 416 g/mol. The standard InChI is InChI=1S/C23H32N2O3S/c1-22(2)15-9-10-23(22,3)17(11-15)20(26)25-19-18(24-21(19)27)13-29-12-14-5-7-16(28-4)8-6-14/h5-8,15,17-19H,9-13H2,1-4H3,(H,24,27)(H,25,26)/t15?,17?,18-,19+,23?/m1/s1. The number of hydrogen-bond donors (Lipinski definition) is 2. The lowest BCUT2D eigenvalue weighted by molar-refractivity contribution is -0.139. The Morgan fingerprint density at radius 3 is 2.55 bits per heavy atom. The summed E-state index contributed by atoms with van der Waals surface area (Å²) < 4.78 is 5.19. The van der Waals surface area contributed by atoms with Gasteiger partial charge in [-0.15, -0.1) is 0 Å². The van der Waals surface area contributed by atoms with Crippen molar-refractivity contribution < 1.29 is 14.3 Å². The van der Waals surface area contributed by atoms with E-state index < -0.39 is 6.04 Å². The first-order chi connectivity index (χ1) is 13.8. The molecule has 1 aromatic carbocycles. The van der Waals surface area contributed by atoms with E-state index in [2.05, 4.69) is 43.5 Å². The van der Waals surface area contributed by atoms with E-state index in [-0.39, 0.29) is 34.6 Å². The summed E-state index contributed by atoms with van der Waals surface area (Å²) in [6.07, 6.45) is 3.29. The molecule has 6 heteroatoms. The van der Waals surface area contributed by atoms with Crippen LogP contribution in [0.4, 0.5) is 0 Å². The van der Waals surface area contributed by atoms with E-state index in [4.69, 9.17) is 4.74 Å². The zero-order valence-electron chi connectivity index (χ0n) is 17.8. The number of carbonyl (C=O) groups is 2. The molecule has 0 radical (unpaired) electrons. The minimum absolute atomic E-state index is 0.00843. The lowest BCUT2D eigenvalue weighted by atomic mass is 9.66. The zero-order chi connectivity index (χ0) is 20.8. The molecule has 3 unspecified atom stereocenters. The number of fused-ring (bicyclic) bond motifs is 2. The number of methoxy groups -OCH3 is 1. The van der Waals surface area contributed by atoms with Crippen molar-refractivity contribution in [2.75, 3.05) is 12.9 Å². The third-order valence-electron chi connectivity index (χ3n) is 8.15. The highest BCUT2D eigenvalue weighted by Gasteiger charge is 2.63. The van der Waals surface area contributed by atoms with Gasteiger partial charge in [-0.3, -0.25) is 9.59 Å².